The lowest BCUT2D eigenvalue weighted by atomic mass is 10.1. The molecule has 3 aromatic carbocycles. The molecule has 1 aliphatic rings. The first-order chi connectivity index (χ1) is 16.3. The van der Waals surface area contributed by atoms with Crippen LogP contribution in [0.15, 0.2) is 59.5 Å². The molecule has 34 heavy (non-hydrogen) atoms. The summed E-state index contributed by atoms with van der Waals surface area (Å²) in [6.45, 7) is 4.45. The van der Waals surface area contributed by atoms with E-state index in [1.165, 1.54) is 17.3 Å². The fraction of sp³-hybridized carbons (Fsp3) is 0.154. The first-order valence-corrected chi connectivity index (χ1v) is 13.0. The smallest absolute Gasteiger partial charge is 0.270 e. The number of amides is 1. The average Bonchev–Trinajstić information content (AvgIpc) is 3.08. The number of halogens is 2. The van der Waals surface area contributed by atoms with Crippen LogP contribution in [-0.2, 0) is 11.4 Å². The molecule has 0 spiro atoms. The van der Waals surface area contributed by atoms with Crippen molar-refractivity contribution in [2.45, 2.75) is 20.5 Å². The minimum atomic E-state index is -0.129. The molecular weight excluding hydrogens is 601 g/mol. The number of nitrogens with zero attached hydrogens (tertiary/aromatic N) is 1. The quantitative estimate of drug-likeness (QED) is 0.161. The molecule has 0 aliphatic carbocycles. The summed E-state index contributed by atoms with van der Waals surface area (Å²) >= 11 is 15.0. The van der Waals surface area contributed by atoms with Gasteiger partial charge >= 0.3 is 0 Å². The largest absolute Gasteiger partial charge is 0.493 e. The zero-order valence-electron chi connectivity index (χ0n) is 18.7. The molecule has 0 bridgehead atoms. The van der Waals surface area contributed by atoms with Crippen LogP contribution in [0.5, 0.6) is 11.5 Å². The van der Waals surface area contributed by atoms with Crippen molar-refractivity contribution in [2.75, 3.05) is 12.0 Å². The van der Waals surface area contributed by atoms with Crippen LogP contribution in [0.2, 0.25) is 5.02 Å². The van der Waals surface area contributed by atoms with Gasteiger partial charge in [-0.05, 0) is 101 Å². The molecule has 0 N–H and O–H groups in total. The highest BCUT2D eigenvalue weighted by atomic mass is 127. The third-order valence-corrected chi connectivity index (χ3v) is 7.74. The number of methoxy groups -OCH3 is 1. The number of carbonyl (C=O) groups is 1. The van der Waals surface area contributed by atoms with Gasteiger partial charge in [-0.15, -0.1) is 0 Å². The topological polar surface area (TPSA) is 38.8 Å². The van der Waals surface area contributed by atoms with Crippen LogP contribution in [0.25, 0.3) is 6.08 Å². The fourth-order valence-electron chi connectivity index (χ4n) is 3.41. The van der Waals surface area contributed by atoms with Gasteiger partial charge in [0.1, 0.15) is 6.61 Å². The molecule has 1 saturated heterocycles. The maximum atomic E-state index is 13.2. The summed E-state index contributed by atoms with van der Waals surface area (Å²) in [5, 5.41) is 0.684. The summed E-state index contributed by atoms with van der Waals surface area (Å²) < 4.78 is 13.0. The van der Waals surface area contributed by atoms with Crippen LogP contribution in [-0.4, -0.2) is 17.3 Å². The van der Waals surface area contributed by atoms with Crippen LogP contribution in [0.1, 0.15) is 22.3 Å². The number of thioether (sulfide) groups is 1. The lowest BCUT2D eigenvalue weighted by molar-refractivity contribution is -0.113. The molecular formula is C26H21ClINO3S2. The van der Waals surface area contributed by atoms with E-state index in [0.717, 1.165) is 25.9 Å². The van der Waals surface area contributed by atoms with Crippen molar-refractivity contribution in [3.8, 4) is 11.5 Å². The summed E-state index contributed by atoms with van der Waals surface area (Å²) in [6.07, 6.45) is 1.84. The van der Waals surface area contributed by atoms with E-state index in [4.69, 9.17) is 33.3 Å². The van der Waals surface area contributed by atoms with Gasteiger partial charge in [-0.3, -0.25) is 9.69 Å². The Morgan fingerprint density at radius 1 is 1.09 bits per heavy atom. The Kier molecular flexibility index (Phi) is 7.87. The molecule has 0 radical (unpaired) electrons. The molecule has 3 aromatic rings. The summed E-state index contributed by atoms with van der Waals surface area (Å²) in [4.78, 5) is 15.3. The van der Waals surface area contributed by atoms with Gasteiger partial charge in [0.15, 0.2) is 15.8 Å². The molecule has 174 valence electrons. The SMILES string of the molecule is COc1cc(/C=C2/SC(=S)N(c3ccc(C)c(C)c3)C2=O)cc(I)c1OCc1ccc(Cl)cc1. The van der Waals surface area contributed by atoms with Crippen molar-refractivity contribution in [3.05, 3.63) is 90.3 Å². The number of carbonyl (C=O) groups excluding carboxylic acids is 1. The molecule has 1 amide bonds. The molecule has 0 atom stereocenters. The van der Waals surface area contributed by atoms with E-state index in [2.05, 4.69) is 22.6 Å². The Bertz CT molecular complexity index is 1310. The standard InChI is InChI=1S/C26H21ClINO3S2/c1-15-4-9-20(10-16(15)2)29-25(30)23(34-26(29)33)13-18-11-21(28)24(22(12-18)31-3)32-14-17-5-7-19(27)8-6-17/h4-13H,14H2,1-3H3/b23-13+. The molecule has 1 fully saturated rings. The normalized spacial score (nSPS) is 14.7. The van der Waals surface area contributed by atoms with E-state index in [9.17, 15) is 4.79 Å². The Morgan fingerprint density at radius 2 is 1.82 bits per heavy atom. The van der Waals surface area contributed by atoms with Crippen molar-refractivity contribution >= 4 is 80.2 Å². The van der Waals surface area contributed by atoms with Crippen molar-refractivity contribution in [1.82, 2.24) is 0 Å². The lowest BCUT2D eigenvalue weighted by Gasteiger charge is -2.16. The molecule has 8 heteroatoms. The van der Waals surface area contributed by atoms with Crippen molar-refractivity contribution in [1.29, 1.82) is 0 Å². The van der Waals surface area contributed by atoms with Crippen molar-refractivity contribution in [3.63, 3.8) is 0 Å². The number of hydrogen-bond donors (Lipinski definition) is 0. The van der Waals surface area contributed by atoms with Gasteiger partial charge in [-0.25, -0.2) is 0 Å². The molecule has 0 aromatic heterocycles. The second-order valence-electron chi connectivity index (χ2n) is 7.73. The van der Waals surface area contributed by atoms with Gasteiger partial charge in [0, 0.05) is 5.02 Å². The van der Waals surface area contributed by atoms with Crippen LogP contribution in [0.3, 0.4) is 0 Å². The average molecular weight is 622 g/mol. The van der Waals surface area contributed by atoms with E-state index in [-0.39, 0.29) is 5.91 Å². The van der Waals surface area contributed by atoms with Gasteiger partial charge in [-0.2, -0.15) is 0 Å². The number of hydrogen-bond acceptors (Lipinski definition) is 5. The number of aryl methyl sites for hydroxylation is 2. The number of anilines is 1. The lowest BCUT2D eigenvalue weighted by Crippen LogP contribution is -2.27. The van der Waals surface area contributed by atoms with Crippen molar-refractivity contribution < 1.29 is 14.3 Å². The maximum Gasteiger partial charge on any atom is 0.270 e. The highest BCUT2D eigenvalue weighted by molar-refractivity contribution is 14.1. The first-order valence-electron chi connectivity index (χ1n) is 10.4. The van der Waals surface area contributed by atoms with E-state index in [0.29, 0.717) is 32.4 Å². The monoisotopic (exact) mass is 621 g/mol. The number of rotatable bonds is 6. The van der Waals surface area contributed by atoms with Gasteiger partial charge < -0.3 is 9.47 Å². The molecule has 4 rings (SSSR count). The molecule has 0 unspecified atom stereocenters. The van der Waals surface area contributed by atoms with Crippen LogP contribution in [0, 0.1) is 17.4 Å². The zero-order valence-corrected chi connectivity index (χ0v) is 23.3. The van der Waals surface area contributed by atoms with Crippen LogP contribution in [0.4, 0.5) is 5.69 Å². The Morgan fingerprint density at radius 3 is 2.50 bits per heavy atom. The summed E-state index contributed by atoms with van der Waals surface area (Å²) in [5.74, 6) is 1.12. The van der Waals surface area contributed by atoms with Crippen molar-refractivity contribution in [2.24, 2.45) is 0 Å². The van der Waals surface area contributed by atoms with Gasteiger partial charge in [0.2, 0.25) is 0 Å². The predicted molar refractivity (Wildman–Crippen MR) is 153 cm³/mol. The zero-order chi connectivity index (χ0) is 24.4. The second-order valence-corrected chi connectivity index (χ2v) is 11.0. The molecule has 4 nitrogen and oxygen atoms in total. The summed E-state index contributed by atoms with van der Waals surface area (Å²) in [5.41, 5.74) is 4.91. The maximum absolute atomic E-state index is 13.2. The first kappa shape index (κ1) is 25.0. The molecule has 0 saturated carbocycles. The Balaban J connectivity index is 1.58. The number of thiocarbonyl (C=S) groups is 1. The number of benzene rings is 3. The third kappa shape index (κ3) is 5.43. The van der Waals surface area contributed by atoms with E-state index in [1.807, 2.05) is 74.5 Å². The van der Waals surface area contributed by atoms with E-state index >= 15 is 0 Å². The van der Waals surface area contributed by atoms with Gasteiger partial charge in [0.05, 0.1) is 21.3 Å². The van der Waals surface area contributed by atoms with Gasteiger partial charge in [-0.1, -0.05) is 53.8 Å². The molecule has 1 heterocycles. The third-order valence-electron chi connectivity index (χ3n) is 5.39. The molecule has 1 aliphatic heterocycles. The number of ether oxygens (including phenoxy) is 2. The highest BCUT2D eigenvalue weighted by Gasteiger charge is 2.33. The fourth-order valence-corrected chi connectivity index (χ4v) is 5.61. The summed E-state index contributed by atoms with van der Waals surface area (Å²) in [7, 11) is 1.60. The van der Waals surface area contributed by atoms with Crippen LogP contribution < -0.4 is 14.4 Å². The Hall–Kier alpha value is -2.07. The summed E-state index contributed by atoms with van der Waals surface area (Å²) in [6, 6.07) is 17.3. The predicted octanol–water partition coefficient (Wildman–Crippen LogP) is 7.55. The highest BCUT2D eigenvalue weighted by Crippen LogP contribution is 2.39. The second kappa shape index (κ2) is 10.7. The van der Waals surface area contributed by atoms with Crippen LogP contribution >= 0.6 is 58.2 Å². The Labute approximate surface area is 227 Å². The van der Waals surface area contributed by atoms with Gasteiger partial charge in [0.25, 0.3) is 5.91 Å². The van der Waals surface area contributed by atoms with E-state index in [1.54, 1.807) is 12.0 Å². The minimum Gasteiger partial charge on any atom is -0.493 e. The van der Waals surface area contributed by atoms with E-state index < -0.39 is 0 Å². The minimum absolute atomic E-state index is 0.129.